The highest BCUT2D eigenvalue weighted by atomic mass is 32.2. The molecule has 0 bridgehead atoms. The number of aryl methyl sites for hydroxylation is 1. The van der Waals surface area contributed by atoms with E-state index < -0.39 is 0 Å². The Balaban J connectivity index is 1.62. The zero-order valence-corrected chi connectivity index (χ0v) is 10.6. The summed E-state index contributed by atoms with van der Waals surface area (Å²) in [5.74, 6) is 1.68. The van der Waals surface area contributed by atoms with Gasteiger partial charge in [0.25, 0.3) is 0 Å². The number of nitrogens with zero attached hydrogens (tertiary/aromatic N) is 2. The Morgan fingerprint density at radius 3 is 2.89 bits per heavy atom. The summed E-state index contributed by atoms with van der Waals surface area (Å²) in [6.07, 6.45) is 2.33. The minimum absolute atomic E-state index is 0.0650. The molecule has 1 aromatic heterocycles. The summed E-state index contributed by atoms with van der Waals surface area (Å²) in [7, 11) is 0. The molecule has 0 radical (unpaired) electrons. The van der Waals surface area contributed by atoms with Crippen LogP contribution in [0.15, 0.2) is 36.7 Å². The van der Waals surface area contributed by atoms with Crippen LogP contribution in [0.2, 0.25) is 0 Å². The molecular formula is C12H14N4OS. The Bertz CT molecular complexity index is 472. The Kier molecular flexibility index (Phi) is 4.78. The number of hydrogen-bond acceptors (Lipinski definition) is 4. The number of thioether (sulfide) groups is 1. The lowest BCUT2D eigenvalue weighted by atomic mass is 10.2. The van der Waals surface area contributed by atoms with E-state index in [9.17, 15) is 4.79 Å². The first-order valence-electron chi connectivity index (χ1n) is 5.61. The predicted octanol–water partition coefficient (Wildman–Crippen LogP) is 1.72. The van der Waals surface area contributed by atoms with E-state index in [2.05, 4.69) is 32.6 Å². The molecule has 94 valence electrons. The third-order valence-corrected chi connectivity index (χ3v) is 3.24. The van der Waals surface area contributed by atoms with Crippen molar-refractivity contribution in [3.8, 4) is 0 Å². The average Bonchev–Trinajstić information content (AvgIpc) is 2.89. The number of anilines is 1. The summed E-state index contributed by atoms with van der Waals surface area (Å²) in [4.78, 5) is 15.3. The van der Waals surface area contributed by atoms with Crippen molar-refractivity contribution in [3.05, 3.63) is 42.2 Å². The van der Waals surface area contributed by atoms with E-state index >= 15 is 0 Å². The Morgan fingerprint density at radius 1 is 1.33 bits per heavy atom. The summed E-state index contributed by atoms with van der Waals surface area (Å²) in [5, 5.41) is 8.87. The van der Waals surface area contributed by atoms with Crippen LogP contribution in [0.25, 0.3) is 0 Å². The second-order valence-corrected chi connectivity index (χ2v) is 4.78. The first-order chi connectivity index (χ1) is 8.84. The predicted molar refractivity (Wildman–Crippen MR) is 72.5 cm³/mol. The van der Waals surface area contributed by atoms with Crippen molar-refractivity contribution >= 4 is 23.6 Å². The van der Waals surface area contributed by atoms with E-state index in [0.29, 0.717) is 11.7 Å². The van der Waals surface area contributed by atoms with Gasteiger partial charge in [-0.1, -0.05) is 30.3 Å². The van der Waals surface area contributed by atoms with Gasteiger partial charge in [0.05, 0.1) is 5.75 Å². The first kappa shape index (κ1) is 12.6. The van der Waals surface area contributed by atoms with Gasteiger partial charge in [-0.25, -0.2) is 5.10 Å². The molecule has 0 unspecified atom stereocenters. The number of carbonyl (C=O) groups excluding carboxylic acids is 1. The van der Waals surface area contributed by atoms with E-state index in [1.54, 1.807) is 11.8 Å². The molecule has 0 atom stereocenters. The topological polar surface area (TPSA) is 70.7 Å². The molecular weight excluding hydrogens is 248 g/mol. The average molecular weight is 262 g/mol. The quantitative estimate of drug-likeness (QED) is 0.778. The highest BCUT2D eigenvalue weighted by Gasteiger charge is 2.03. The maximum absolute atomic E-state index is 11.5. The Labute approximate surface area is 109 Å². The van der Waals surface area contributed by atoms with Gasteiger partial charge < -0.3 is 0 Å². The van der Waals surface area contributed by atoms with Crippen LogP contribution in [0.4, 0.5) is 5.95 Å². The molecule has 0 aliphatic heterocycles. The zero-order chi connectivity index (χ0) is 12.6. The highest BCUT2D eigenvalue weighted by molar-refractivity contribution is 7.99. The van der Waals surface area contributed by atoms with E-state index in [1.165, 1.54) is 11.9 Å². The Morgan fingerprint density at radius 2 is 2.17 bits per heavy atom. The maximum atomic E-state index is 11.5. The third kappa shape index (κ3) is 4.21. The standard InChI is InChI=1S/C12H14N4OS/c17-11(15-12-13-9-14-16-12)8-18-7-6-10-4-2-1-3-5-10/h1-5,9H,6-8H2,(H2,13,14,15,16,17). The molecule has 0 spiro atoms. The number of amides is 1. The van der Waals surface area contributed by atoms with Crippen molar-refractivity contribution in [2.24, 2.45) is 0 Å². The molecule has 18 heavy (non-hydrogen) atoms. The molecule has 0 fully saturated rings. The lowest BCUT2D eigenvalue weighted by Gasteiger charge is -2.02. The molecule has 0 saturated carbocycles. The van der Waals surface area contributed by atoms with Crippen molar-refractivity contribution in [3.63, 3.8) is 0 Å². The minimum atomic E-state index is -0.0650. The molecule has 0 aliphatic rings. The van der Waals surface area contributed by atoms with E-state index in [4.69, 9.17) is 0 Å². The summed E-state index contributed by atoms with van der Waals surface area (Å²) >= 11 is 1.60. The smallest absolute Gasteiger partial charge is 0.236 e. The monoisotopic (exact) mass is 262 g/mol. The minimum Gasteiger partial charge on any atom is -0.294 e. The molecule has 5 nitrogen and oxygen atoms in total. The third-order valence-electron chi connectivity index (χ3n) is 2.28. The molecule has 0 aliphatic carbocycles. The fourth-order valence-electron chi connectivity index (χ4n) is 1.43. The lowest BCUT2D eigenvalue weighted by Crippen LogP contribution is -2.15. The molecule has 2 rings (SSSR count). The summed E-state index contributed by atoms with van der Waals surface area (Å²) in [5.41, 5.74) is 1.29. The van der Waals surface area contributed by atoms with E-state index in [-0.39, 0.29) is 5.91 Å². The van der Waals surface area contributed by atoms with Gasteiger partial charge in [-0.15, -0.1) is 0 Å². The highest BCUT2D eigenvalue weighted by Crippen LogP contribution is 2.07. The van der Waals surface area contributed by atoms with E-state index in [1.807, 2.05) is 18.2 Å². The molecule has 1 amide bonds. The molecule has 1 aromatic carbocycles. The van der Waals surface area contributed by atoms with Crippen molar-refractivity contribution in [2.75, 3.05) is 16.8 Å². The van der Waals surface area contributed by atoms with Crippen LogP contribution < -0.4 is 5.32 Å². The number of aromatic nitrogens is 3. The van der Waals surface area contributed by atoms with Gasteiger partial charge in [0.2, 0.25) is 11.9 Å². The van der Waals surface area contributed by atoms with Gasteiger partial charge >= 0.3 is 0 Å². The molecule has 2 aromatic rings. The summed E-state index contributed by atoms with van der Waals surface area (Å²) < 4.78 is 0. The van der Waals surface area contributed by atoms with Crippen LogP contribution in [0.3, 0.4) is 0 Å². The van der Waals surface area contributed by atoms with E-state index in [0.717, 1.165) is 12.2 Å². The van der Waals surface area contributed by atoms with Crippen molar-refractivity contribution < 1.29 is 4.79 Å². The zero-order valence-electron chi connectivity index (χ0n) is 9.80. The number of benzene rings is 1. The normalized spacial score (nSPS) is 10.2. The van der Waals surface area contributed by atoms with Gasteiger partial charge in [0.15, 0.2) is 0 Å². The van der Waals surface area contributed by atoms with Gasteiger partial charge in [-0.3, -0.25) is 10.1 Å². The van der Waals surface area contributed by atoms with Crippen LogP contribution in [-0.2, 0) is 11.2 Å². The second-order valence-electron chi connectivity index (χ2n) is 3.67. The maximum Gasteiger partial charge on any atom is 0.236 e. The Hall–Kier alpha value is -1.82. The summed E-state index contributed by atoms with van der Waals surface area (Å²) in [6, 6.07) is 10.2. The van der Waals surface area contributed by atoms with Crippen molar-refractivity contribution in [1.29, 1.82) is 0 Å². The van der Waals surface area contributed by atoms with Gasteiger partial charge in [0.1, 0.15) is 6.33 Å². The van der Waals surface area contributed by atoms with Crippen LogP contribution in [0, 0.1) is 0 Å². The van der Waals surface area contributed by atoms with Gasteiger partial charge in [0, 0.05) is 0 Å². The fourth-order valence-corrected chi connectivity index (χ4v) is 2.22. The number of hydrogen-bond donors (Lipinski definition) is 2. The molecule has 0 saturated heterocycles. The number of H-pyrrole nitrogens is 1. The van der Waals surface area contributed by atoms with Crippen LogP contribution in [0.1, 0.15) is 5.56 Å². The number of aromatic amines is 1. The molecule has 2 N–H and O–H groups in total. The van der Waals surface area contributed by atoms with Crippen LogP contribution in [0.5, 0.6) is 0 Å². The summed E-state index contributed by atoms with van der Waals surface area (Å²) in [6.45, 7) is 0. The largest absolute Gasteiger partial charge is 0.294 e. The number of carbonyl (C=O) groups is 1. The van der Waals surface area contributed by atoms with Gasteiger partial charge in [-0.2, -0.15) is 21.8 Å². The fraction of sp³-hybridized carbons (Fsp3) is 0.250. The van der Waals surface area contributed by atoms with Crippen LogP contribution in [-0.4, -0.2) is 32.6 Å². The SMILES string of the molecule is O=C(CSCCc1ccccc1)Nc1ncn[nH]1. The second kappa shape index (κ2) is 6.80. The molecule has 1 heterocycles. The van der Waals surface area contributed by atoms with Crippen molar-refractivity contribution in [1.82, 2.24) is 15.2 Å². The molecule has 6 heteroatoms. The van der Waals surface area contributed by atoms with Crippen molar-refractivity contribution in [2.45, 2.75) is 6.42 Å². The number of nitrogens with one attached hydrogen (secondary N) is 2. The number of rotatable bonds is 6. The first-order valence-corrected chi connectivity index (χ1v) is 6.77. The lowest BCUT2D eigenvalue weighted by molar-refractivity contribution is -0.113. The van der Waals surface area contributed by atoms with Gasteiger partial charge in [-0.05, 0) is 17.7 Å². The van der Waals surface area contributed by atoms with Crippen LogP contribution >= 0.6 is 11.8 Å².